The maximum atomic E-state index is 12.6. The van der Waals surface area contributed by atoms with Crippen molar-refractivity contribution in [1.82, 2.24) is 15.6 Å². The Labute approximate surface area is 179 Å². The van der Waals surface area contributed by atoms with Gasteiger partial charge in [0.25, 0.3) is 0 Å². The third kappa shape index (κ3) is 8.25. The summed E-state index contributed by atoms with van der Waals surface area (Å²) in [6.07, 6.45) is 1.66. The Morgan fingerprint density at radius 3 is 2.67 bits per heavy atom. The lowest BCUT2D eigenvalue weighted by Crippen LogP contribution is -2.36. The highest BCUT2D eigenvalue weighted by molar-refractivity contribution is 14.0. The van der Waals surface area contributed by atoms with Gasteiger partial charge in [-0.05, 0) is 31.5 Å². The highest BCUT2D eigenvalue weighted by Gasteiger charge is 2.10. The second-order valence-corrected chi connectivity index (χ2v) is 5.91. The molecular formula is C18H22ClF2IN4O. The molecule has 0 unspecified atom stereocenters. The number of ether oxygens (including phenoxy) is 1. The smallest absolute Gasteiger partial charge is 0.387 e. The summed E-state index contributed by atoms with van der Waals surface area (Å²) in [7, 11) is 0. The van der Waals surface area contributed by atoms with Crippen LogP contribution in [0.1, 0.15) is 23.6 Å². The largest absolute Gasteiger partial charge is 0.434 e. The average molecular weight is 511 g/mol. The number of hydrogen-bond donors (Lipinski definition) is 2. The van der Waals surface area contributed by atoms with Crippen molar-refractivity contribution in [3.8, 4) is 5.75 Å². The Hall–Kier alpha value is -1.68. The third-order valence-electron chi connectivity index (χ3n) is 3.43. The molecule has 0 radical (unpaired) electrons. The van der Waals surface area contributed by atoms with Crippen molar-refractivity contribution in [2.24, 2.45) is 4.99 Å². The number of aliphatic imine (C=N–C) groups is 1. The molecule has 148 valence electrons. The van der Waals surface area contributed by atoms with E-state index in [0.29, 0.717) is 36.3 Å². The van der Waals surface area contributed by atoms with Gasteiger partial charge in [-0.15, -0.1) is 24.0 Å². The van der Waals surface area contributed by atoms with Gasteiger partial charge in [-0.3, -0.25) is 0 Å². The Morgan fingerprint density at radius 1 is 1.26 bits per heavy atom. The Bertz CT molecular complexity index is 745. The summed E-state index contributed by atoms with van der Waals surface area (Å²) in [6, 6.07) is 8.62. The minimum Gasteiger partial charge on any atom is -0.434 e. The van der Waals surface area contributed by atoms with E-state index in [1.165, 1.54) is 0 Å². The average Bonchev–Trinajstić information content (AvgIpc) is 2.60. The van der Waals surface area contributed by atoms with E-state index >= 15 is 0 Å². The van der Waals surface area contributed by atoms with Crippen LogP contribution in [0.2, 0.25) is 5.15 Å². The number of guanidine groups is 1. The first-order valence-electron chi connectivity index (χ1n) is 8.15. The maximum absolute atomic E-state index is 12.6. The molecule has 0 bridgehead atoms. The molecule has 2 N–H and O–H groups in total. The third-order valence-corrected chi connectivity index (χ3v) is 3.65. The van der Waals surface area contributed by atoms with Crippen LogP contribution in [-0.2, 0) is 13.1 Å². The van der Waals surface area contributed by atoms with Crippen molar-refractivity contribution in [3.63, 3.8) is 0 Å². The molecule has 0 saturated heterocycles. The van der Waals surface area contributed by atoms with Crippen molar-refractivity contribution in [1.29, 1.82) is 0 Å². The van der Waals surface area contributed by atoms with Crippen LogP contribution in [0, 0.1) is 6.92 Å². The molecule has 0 aliphatic heterocycles. The number of nitrogens with zero attached hydrogens (tertiary/aromatic N) is 2. The van der Waals surface area contributed by atoms with E-state index < -0.39 is 6.61 Å². The van der Waals surface area contributed by atoms with Gasteiger partial charge in [0, 0.05) is 24.8 Å². The monoisotopic (exact) mass is 510 g/mol. The molecule has 0 aliphatic rings. The Balaban J connectivity index is 0.00000364. The molecule has 2 aromatic rings. The fourth-order valence-electron chi connectivity index (χ4n) is 2.25. The van der Waals surface area contributed by atoms with Gasteiger partial charge in [0.15, 0.2) is 5.96 Å². The van der Waals surface area contributed by atoms with Crippen molar-refractivity contribution < 1.29 is 13.5 Å². The Morgan fingerprint density at radius 2 is 2.04 bits per heavy atom. The van der Waals surface area contributed by atoms with E-state index in [9.17, 15) is 8.78 Å². The molecule has 1 aromatic carbocycles. The van der Waals surface area contributed by atoms with E-state index in [-0.39, 0.29) is 29.7 Å². The second kappa shape index (κ2) is 11.9. The predicted molar refractivity (Wildman–Crippen MR) is 114 cm³/mol. The molecule has 5 nitrogen and oxygen atoms in total. The summed E-state index contributed by atoms with van der Waals surface area (Å²) in [4.78, 5) is 8.48. The number of aryl methyl sites for hydroxylation is 1. The van der Waals surface area contributed by atoms with E-state index in [0.717, 1.165) is 11.1 Å². The summed E-state index contributed by atoms with van der Waals surface area (Å²) in [5.41, 5.74) is 2.49. The molecule has 0 aliphatic carbocycles. The molecule has 27 heavy (non-hydrogen) atoms. The molecule has 1 heterocycles. The van der Waals surface area contributed by atoms with Gasteiger partial charge < -0.3 is 15.4 Å². The normalized spacial score (nSPS) is 11.1. The second-order valence-electron chi connectivity index (χ2n) is 5.53. The first kappa shape index (κ1) is 23.4. The van der Waals surface area contributed by atoms with Crippen LogP contribution < -0.4 is 15.4 Å². The standard InChI is InChI=1S/C18H21ClF2N4O.HI/c1-3-22-18(24-10-13-5-7-16(19)23-9-13)25-11-14-8-12(2)4-6-15(14)26-17(20)21;/h4-9,17H,3,10-11H2,1-2H3,(H2,22,24,25);1H. The van der Waals surface area contributed by atoms with E-state index in [2.05, 4.69) is 25.3 Å². The fourth-order valence-corrected chi connectivity index (χ4v) is 2.36. The highest BCUT2D eigenvalue weighted by atomic mass is 127. The molecule has 1 aromatic heterocycles. The number of benzene rings is 1. The maximum Gasteiger partial charge on any atom is 0.387 e. The van der Waals surface area contributed by atoms with Gasteiger partial charge in [-0.2, -0.15) is 8.78 Å². The summed E-state index contributed by atoms with van der Waals surface area (Å²) < 4.78 is 29.7. The lowest BCUT2D eigenvalue weighted by atomic mass is 10.1. The van der Waals surface area contributed by atoms with Crippen LogP contribution in [-0.4, -0.2) is 24.1 Å². The molecule has 0 amide bonds. The van der Waals surface area contributed by atoms with Crippen LogP contribution in [0.25, 0.3) is 0 Å². The van der Waals surface area contributed by atoms with Gasteiger partial charge >= 0.3 is 6.61 Å². The summed E-state index contributed by atoms with van der Waals surface area (Å²) in [6.45, 7) is 2.35. The zero-order valence-corrected chi connectivity index (χ0v) is 18.1. The molecule has 0 atom stereocenters. The van der Waals surface area contributed by atoms with Crippen molar-refractivity contribution in [2.45, 2.75) is 33.5 Å². The van der Waals surface area contributed by atoms with Crippen LogP contribution in [0.4, 0.5) is 8.78 Å². The van der Waals surface area contributed by atoms with E-state index in [1.54, 1.807) is 30.5 Å². The lowest BCUT2D eigenvalue weighted by molar-refractivity contribution is -0.0504. The number of rotatable bonds is 7. The zero-order valence-electron chi connectivity index (χ0n) is 15.0. The zero-order chi connectivity index (χ0) is 18.9. The van der Waals surface area contributed by atoms with Crippen molar-refractivity contribution >= 4 is 41.5 Å². The van der Waals surface area contributed by atoms with Gasteiger partial charge in [0.05, 0.1) is 6.54 Å². The Kier molecular flexibility index (Phi) is 10.3. The van der Waals surface area contributed by atoms with Crippen molar-refractivity contribution in [3.05, 3.63) is 58.4 Å². The summed E-state index contributed by atoms with van der Waals surface area (Å²) >= 11 is 5.77. The first-order valence-corrected chi connectivity index (χ1v) is 8.52. The summed E-state index contributed by atoms with van der Waals surface area (Å²) in [5, 5.41) is 6.66. The van der Waals surface area contributed by atoms with Gasteiger partial charge in [-0.25, -0.2) is 9.98 Å². The van der Waals surface area contributed by atoms with E-state index in [4.69, 9.17) is 11.6 Å². The molecular weight excluding hydrogens is 489 g/mol. The predicted octanol–water partition coefficient (Wildman–Crippen LogP) is 4.52. The lowest BCUT2D eigenvalue weighted by Gasteiger charge is -2.15. The topological polar surface area (TPSA) is 58.5 Å². The van der Waals surface area contributed by atoms with Gasteiger partial charge in [0.1, 0.15) is 10.9 Å². The summed E-state index contributed by atoms with van der Waals surface area (Å²) in [5.74, 6) is 0.711. The van der Waals surface area contributed by atoms with Crippen LogP contribution in [0.15, 0.2) is 41.5 Å². The highest BCUT2D eigenvalue weighted by Crippen LogP contribution is 2.22. The number of hydrogen-bond acceptors (Lipinski definition) is 3. The minimum atomic E-state index is -2.87. The van der Waals surface area contributed by atoms with Crippen LogP contribution in [0.5, 0.6) is 5.75 Å². The number of alkyl halides is 2. The van der Waals surface area contributed by atoms with E-state index in [1.807, 2.05) is 19.9 Å². The molecule has 0 fully saturated rings. The molecule has 0 saturated carbocycles. The number of halogens is 4. The van der Waals surface area contributed by atoms with Crippen LogP contribution in [0.3, 0.4) is 0 Å². The SMILES string of the molecule is CCNC(=NCc1ccc(Cl)nc1)NCc1cc(C)ccc1OC(F)F.I. The number of nitrogens with one attached hydrogen (secondary N) is 2. The minimum absolute atomic E-state index is 0. The number of aromatic nitrogens is 1. The van der Waals surface area contributed by atoms with Crippen LogP contribution >= 0.6 is 35.6 Å². The molecule has 9 heteroatoms. The van der Waals surface area contributed by atoms with Gasteiger partial charge in [-0.1, -0.05) is 35.4 Å². The van der Waals surface area contributed by atoms with Gasteiger partial charge in [0.2, 0.25) is 0 Å². The first-order chi connectivity index (χ1) is 12.5. The quantitative estimate of drug-likeness (QED) is 0.249. The molecule has 2 rings (SSSR count). The number of pyridine rings is 1. The fraction of sp³-hybridized carbons (Fsp3) is 0.333. The van der Waals surface area contributed by atoms with Crippen molar-refractivity contribution in [2.75, 3.05) is 6.54 Å². The molecule has 0 spiro atoms.